The summed E-state index contributed by atoms with van der Waals surface area (Å²) in [5.41, 5.74) is 0. The van der Waals surface area contributed by atoms with Crippen molar-refractivity contribution in [2.24, 2.45) is 0 Å². The normalized spacial score (nSPS) is 10.3. The minimum absolute atomic E-state index is 0.586. The molecule has 0 aliphatic heterocycles. The lowest BCUT2D eigenvalue weighted by Gasteiger charge is -2.02. The van der Waals surface area contributed by atoms with Gasteiger partial charge >= 0.3 is 0 Å². The van der Waals surface area contributed by atoms with E-state index < -0.39 is 0 Å². The summed E-state index contributed by atoms with van der Waals surface area (Å²) in [6.45, 7) is 5.20. The first-order valence-electron chi connectivity index (χ1n) is 2.59. The molecule has 0 heterocycles. The predicted molar refractivity (Wildman–Crippen MR) is 35.6 cm³/mol. The molecule has 0 aromatic heterocycles. The van der Waals surface area contributed by atoms with E-state index in [-0.39, 0.29) is 0 Å². The fourth-order valence-corrected chi connectivity index (χ4v) is 0.465. The van der Waals surface area contributed by atoms with Crippen LogP contribution in [0.15, 0.2) is 0 Å². The molecular formula is C5H12NS. The Morgan fingerprint density at radius 3 is 2.29 bits per heavy atom. The quantitative estimate of drug-likeness (QED) is 0.587. The number of hydrogen-bond donors (Lipinski definition) is 1. The molecule has 2 heteroatoms. The molecule has 0 fully saturated rings. The lowest BCUT2D eigenvalue weighted by Crippen LogP contribution is -2.24. The van der Waals surface area contributed by atoms with E-state index in [2.05, 4.69) is 19.2 Å². The lowest BCUT2D eigenvalue weighted by atomic mass is 10.4. The predicted octanol–water partition coefficient (Wildman–Crippen LogP) is 1.18. The number of rotatable bonds is 3. The highest BCUT2D eigenvalue weighted by Gasteiger charge is 1.86. The fourth-order valence-electron chi connectivity index (χ4n) is 0.348. The zero-order chi connectivity index (χ0) is 5.70. The first-order chi connectivity index (χ1) is 3.27. The molecule has 0 amide bonds. The number of nitrogens with one attached hydrogen (secondary N) is 1. The van der Waals surface area contributed by atoms with Gasteiger partial charge in [-0.15, -0.1) is 0 Å². The van der Waals surface area contributed by atoms with Crippen LogP contribution in [0.2, 0.25) is 0 Å². The Morgan fingerprint density at radius 1 is 1.57 bits per heavy atom. The molecule has 0 atom stereocenters. The Hall–Kier alpha value is 0.310. The van der Waals surface area contributed by atoms with Gasteiger partial charge in [-0.1, -0.05) is 26.5 Å². The summed E-state index contributed by atoms with van der Waals surface area (Å²) in [6, 6.07) is 0.586. The smallest absolute Gasteiger partial charge is 0.0162 e. The molecule has 0 saturated carbocycles. The largest absolute Gasteiger partial charge is 0.314 e. The standard InChI is InChI=1S/C5H12NS/c1-5(2)6-3-4-7/h5-6H,3-4H2,1-2H3. The summed E-state index contributed by atoms with van der Waals surface area (Å²) >= 11 is 4.71. The SMILES string of the molecule is CC(C)NCC[S]. The van der Waals surface area contributed by atoms with Crippen LogP contribution in [-0.4, -0.2) is 18.3 Å². The van der Waals surface area contributed by atoms with Gasteiger partial charge in [0.2, 0.25) is 0 Å². The first kappa shape index (κ1) is 7.31. The second-order valence-electron chi connectivity index (χ2n) is 1.81. The second kappa shape index (κ2) is 4.47. The lowest BCUT2D eigenvalue weighted by molar-refractivity contribution is 0.616. The highest BCUT2D eigenvalue weighted by Crippen LogP contribution is 1.75. The van der Waals surface area contributed by atoms with Crippen molar-refractivity contribution >= 4 is 12.6 Å². The minimum Gasteiger partial charge on any atom is -0.314 e. The van der Waals surface area contributed by atoms with Gasteiger partial charge in [0, 0.05) is 18.3 Å². The van der Waals surface area contributed by atoms with E-state index in [9.17, 15) is 0 Å². The van der Waals surface area contributed by atoms with Gasteiger partial charge in [-0.05, 0) is 0 Å². The second-order valence-corrected chi connectivity index (χ2v) is 2.22. The molecule has 0 aliphatic carbocycles. The van der Waals surface area contributed by atoms with E-state index in [1.54, 1.807) is 0 Å². The average Bonchev–Trinajstić information content (AvgIpc) is 1.61. The Morgan fingerprint density at radius 2 is 2.14 bits per heavy atom. The van der Waals surface area contributed by atoms with Gasteiger partial charge in [-0.2, -0.15) is 0 Å². The first-order valence-corrected chi connectivity index (χ1v) is 3.16. The maximum Gasteiger partial charge on any atom is 0.0162 e. The van der Waals surface area contributed by atoms with Crippen LogP contribution < -0.4 is 5.32 Å². The van der Waals surface area contributed by atoms with Crippen LogP contribution >= 0.6 is 12.6 Å². The van der Waals surface area contributed by atoms with Gasteiger partial charge < -0.3 is 5.32 Å². The van der Waals surface area contributed by atoms with Gasteiger partial charge in [0.05, 0.1) is 0 Å². The molecule has 7 heavy (non-hydrogen) atoms. The topological polar surface area (TPSA) is 12.0 Å². The van der Waals surface area contributed by atoms with Crippen molar-refractivity contribution in [1.82, 2.24) is 5.32 Å². The Balaban J connectivity index is 2.68. The van der Waals surface area contributed by atoms with Gasteiger partial charge in [0.1, 0.15) is 0 Å². The third-order valence-electron chi connectivity index (χ3n) is 0.655. The summed E-state index contributed by atoms with van der Waals surface area (Å²) in [7, 11) is 0. The molecule has 0 unspecified atom stereocenters. The molecule has 0 aromatic rings. The highest BCUT2D eigenvalue weighted by atomic mass is 32.1. The van der Waals surface area contributed by atoms with Gasteiger partial charge in [-0.25, -0.2) is 0 Å². The van der Waals surface area contributed by atoms with Crippen LogP contribution in [0.4, 0.5) is 0 Å². The molecule has 0 aromatic carbocycles. The van der Waals surface area contributed by atoms with Crippen molar-refractivity contribution in [2.75, 3.05) is 12.3 Å². The molecule has 0 aliphatic rings. The molecule has 1 radical (unpaired) electrons. The molecule has 0 rings (SSSR count). The fraction of sp³-hybridized carbons (Fsp3) is 1.00. The third kappa shape index (κ3) is 6.31. The van der Waals surface area contributed by atoms with Crippen molar-refractivity contribution in [3.05, 3.63) is 0 Å². The zero-order valence-electron chi connectivity index (χ0n) is 4.90. The van der Waals surface area contributed by atoms with Crippen molar-refractivity contribution < 1.29 is 0 Å². The van der Waals surface area contributed by atoms with E-state index >= 15 is 0 Å². The Bertz CT molecular complexity index is 37.1. The molecule has 0 saturated heterocycles. The zero-order valence-corrected chi connectivity index (χ0v) is 5.72. The van der Waals surface area contributed by atoms with Crippen LogP contribution in [0.3, 0.4) is 0 Å². The Kier molecular flexibility index (Phi) is 4.67. The van der Waals surface area contributed by atoms with Crippen molar-refractivity contribution in [3.63, 3.8) is 0 Å². The maximum atomic E-state index is 4.71. The van der Waals surface area contributed by atoms with E-state index in [0.29, 0.717) is 6.04 Å². The third-order valence-corrected chi connectivity index (χ3v) is 0.859. The summed E-state index contributed by atoms with van der Waals surface area (Å²) < 4.78 is 0. The van der Waals surface area contributed by atoms with Crippen LogP contribution in [0.1, 0.15) is 13.8 Å². The van der Waals surface area contributed by atoms with E-state index in [0.717, 1.165) is 12.3 Å². The van der Waals surface area contributed by atoms with E-state index in [1.807, 2.05) is 0 Å². The highest BCUT2D eigenvalue weighted by molar-refractivity contribution is 7.80. The summed E-state index contributed by atoms with van der Waals surface area (Å²) in [6.07, 6.45) is 0. The molecular weight excluding hydrogens is 106 g/mol. The monoisotopic (exact) mass is 118 g/mol. The van der Waals surface area contributed by atoms with Crippen molar-refractivity contribution in [2.45, 2.75) is 19.9 Å². The van der Waals surface area contributed by atoms with Gasteiger partial charge in [-0.3, -0.25) is 0 Å². The van der Waals surface area contributed by atoms with Gasteiger partial charge in [0.15, 0.2) is 0 Å². The van der Waals surface area contributed by atoms with Crippen molar-refractivity contribution in [1.29, 1.82) is 0 Å². The van der Waals surface area contributed by atoms with Crippen LogP contribution in [0.25, 0.3) is 0 Å². The van der Waals surface area contributed by atoms with Crippen molar-refractivity contribution in [3.8, 4) is 0 Å². The summed E-state index contributed by atoms with van der Waals surface area (Å²) in [4.78, 5) is 0. The molecule has 1 N–H and O–H groups in total. The maximum absolute atomic E-state index is 4.71. The Labute approximate surface area is 50.9 Å². The van der Waals surface area contributed by atoms with Crippen LogP contribution in [-0.2, 0) is 0 Å². The average molecular weight is 118 g/mol. The van der Waals surface area contributed by atoms with Crippen LogP contribution in [0.5, 0.6) is 0 Å². The van der Waals surface area contributed by atoms with Gasteiger partial charge in [0.25, 0.3) is 0 Å². The summed E-state index contributed by atoms with van der Waals surface area (Å²) in [5, 5.41) is 3.19. The molecule has 0 bridgehead atoms. The molecule has 0 spiro atoms. The molecule has 1 nitrogen and oxygen atoms in total. The van der Waals surface area contributed by atoms with E-state index in [1.165, 1.54) is 0 Å². The van der Waals surface area contributed by atoms with Crippen LogP contribution in [0, 0.1) is 0 Å². The summed E-state index contributed by atoms with van der Waals surface area (Å²) in [5.74, 6) is 0.818. The molecule has 43 valence electrons. The minimum atomic E-state index is 0.586. The van der Waals surface area contributed by atoms with E-state index in [4.69, 9.17) is 12.6 Å². The number of hydrogen-bond acceptors (Lipinski definition) is 1.